The molecule has 0 fully saturated rings. The zero-order chi connectivity index (χ0) is 19.2. The van der Waals surface area contributed by atoms with Crippen molar-refractivity contribution in [3.63, 3.8) is 0 Å². The minimum Gasteiger partial charge on any atom is -0.306 e. The molecule has 0 aliphatic rings. The maximum atomic E-state index is 12.6. The van der Waals surface area contributed by atoms with Gasteiger partial charge in [-0.1, -0.05) is 37.6 Å². The molecule has 27 heavy (non-hydrogen) atoms. The summed E-state index contributed by atoms with van der Waals surface area (Å²) < 4.78 is 1.47. The van der Waals surface area contributed by atoms with Crippen molar-refractivity contribution in [2.24, 2.45) is 0 Å². The summed E-state index contributed by atoms with van der Waals surface area (Å²) in [5.74, 6) is 0.394. The van der Waals surface area contributed by atoms with Crippen LogP contribution in [0, 0.1) is 11.3 Å². The van der Waals surface area contributed by atoms with E-state index >= 15 is 0 Å². The third-order valence-electron chi connectivity index (χ3n) is 4.14. The molecule has 0 aliphatic carbocycles. The summed E-state index contributed by atoms with van der Waals surface area (Å²) in [6.07, 6.45) is 1.69. The Kier molecular flexibility index (Phi) is 5.47. The maximum Gasteiger partial charge on any atom is 0.349 e. The van der Waals surface area contributed by atoms with Crippen LogP contribution in [0.2, 0.25) is 0 Å². The van der Waals surface area contributed by atoms with Crippen molar-refractivity contribution < 1.29 is 4.79 Å². The van der Waals surface area contributed by atoms with Crippen molar-refractivity contribution in [3.8, 4) is 6.07 Å². The monoisotopic (exact) mass is 361 g/mol. The van der Waals surface area contributed by atoms with Crippen molar-refractivity contribution in [3.05, 3.63) is 64.6 Å². The van der Waals surface area contributed by atoms with E-state index in [1.54, 1.807) is 36.4 Å². The van der Waals surface area contributed by atoms with Gasteiger partial charge in [0.25, 0.3) is 0 Å². The fourth-order valence-corrected chi connectivity index (χ4v) is 2.79. The van der Waals surface area contributed by atoms with Gasteiger partial charge in [-0.3, -0.25) is 9.88 Å². The number of urea groups is 1. The Balaban J connectivity index is 1.98. The number of carbonyl (C=O) groups excluding carboxylic acids is 1. The number of hydrogen-bond acceptors (Lipinski definition) is 4. The minimum atomic E-state index is -0.529. The Morgan fingerprint density at radius 1 is 1.15 bits per heavy atom. The van der Waals surface area contributed by atoms with Crippen LogP contribution in [0.25, 0.3) is 10.9 Å². The smallest absolute Gasteiger partial charge is 0.306 e. The Morgan fingerprint density at radius 2 is 1.89 bits per heavy atom. The molecule has 136 valence electrons. The first-order valence-electron chi connectivity index (χ1n) is 8.70. The number of fused-ring (bicyclic) bond motifs is 1. The highest BCUT2D eigenvalue weighted by molar-refractivity contribution is 6.04. The fraction of sp³-hybridized carbons (Fsp3) is 0.200. The number of amides is 2. The quantitative estimate of drug-likeness (QED) is 0.723. The highest BCUT2D eigenvalue weighted by atomic mass is 16.2. The molecule has 0 unspecified atom stereocenters. The number of para-hydroxylation sites is 2. The third-order valence-corrected chi connectivity index (χ3v) is 4.14. The van der Waals surface area contributed by atoms with E-state index in [0.717, 1.165) is 12.8 Å². The van der Waals surface area contributed by atoms with Crippen molar-refractivity contribution >= 4 is 28.4 Å². The molecule has 0 atom stereocenters. The van der Waals surface area contributed by atoms with E-state index in [4.69, 9.17) is 5.26 Å². The fourth-order valence-electron chi connectivity index (χ4n) is 2.79. The van der Waals surface area contributed by atoms with Crippen LogP contribution in [0.4, 0.5) is 16.3 Å². The number of aromatic nitrogens is 2. The lowest BCUT2D eigenvalue weighted by Gasteiger charge is -2.16. The van der Waals surface area contributed by atoms with Crippen molar-refractivity contribution in [2.75, 3.05) is 10.6 Å². The van der Waals surface area contributed by atoms with Crippen LogP contribution in [0.15, 0.2) is 53.3 Å². The Morgan fingerprint density at radius 3 is 2.67 bits per heavy atom. The molecule has 0 spiro atoms. The summed E-state index contributed by atoms with van der Waals surface area (Å²) >= 11 is 0. The molecule has 2 aromatic carbocycles. The molecule has 2 amide bonds. The van der Waals surface area contributed by atoms with E-state index < -0.39 is 11.7 Å². The highest BCUT2D eigenvalue weighted by Gasteiger charge is 2.14. The molecule has 0 bridgehead atoms. The first kappa shape index (κ1) is 18.1. The van der Waals surface area contributed by atoms with Crippen molar-refractivity contribution in [1.82, 2.24) is 9.55 Å². The minimum absolute atomic E-state index is 0.357. The molecule has 1 heterocycles. The second-order valence-corrected chi connectivity index (χ2v) is 6.00. The molecule has 1 aromatic heterocycles. The molecule has 3 aromatic rings. The molecular weight excluding hydrogens is 342 g/mol. The lowest BCUT2D eigenvalue weighted by atomic mass is 10.2. The molecule has 0 saturated heterocycles. The molecule has 0 aliphatic heterocycles. The average Bonchev–Trinajstić information content (AvgIpc) is 2.68. The molecule has 0 saturated carbocycles. The van der Waals surface area contributed by atoms with Crippen molar-refractivity contribution in [1.29, 1.82) is 5.26 Å². The number of rotatable bonds is 5. The van der Waals surface area contributed by atoms with E-state index in [1.165, 1.54) is 4.57 Å². The standard InChI is InChI=1S/C20H19N5O2/c1-2-3-12-25-18(15-9-5-7-11-17(15)23-20(25)27)24-19(26)22-16-10-6-4-8-14(16)13-21/h4-11H,2-3,12H2,1H3,(H2,22,24,26). The molecule has 7 nitrogen and oxygen atoms in total. The van der Waals surface area contributed by atoms with E-state index in [-0.39, 0.29) is 0 Å². The predicted octanol–water partition coefficient (Wildman–Crippen LogP) is 3.71. The van der Waals surface area contributed by atoms with Gasteiger partial charge in [-0.2, -0.15) is 10.2 Å². The lowest BCUT2D eigenvalue weighted by Crippen LogP contribution is -2.30. The van der Waals surface area contributed by atoms with Gasteiger partial charge in [0.2, 0.25) is 0 Å². The van der Waals surface area contributed by atoms with E-state index in [0.29, 0.717) is 34.5 Å². The van der Waals surface area contributed by atoms with Gasteiger partial charge < -0.3 is 5.32 Å². The third kappa shape index (κ3) is 3.96. The summed E-state index contributed by atoms with van der Waals surface area (Å²) in [4.78, 5) is 29.1. The van der Waals surface area contributed by atoms with Gasteiger partial charge in [-0.05, 0) is 30.7 Å². The molecule has 0 radical (unpaired) electrons. The number of nitrogens with one attached hydrogen (secondary N) is 2. The van der Waals surface area contributed by atoms with Gasteiger partial charge in [0.05, 0.1) is 16.8 Å². The SMILES string of the molecule is CCCCn1c(NC(=O)Nc2ccccc2C#N)c2ccccc2nc1=O. The highest BCUT2D eigenvalue weighted by Crippen LogP contribution is 2.21. The largest absolute Gasteiger partial charge is 0.349 e. The summed E-state index contributed by atoms with van der Waals surface area (Å²) in [7, 11) is 0. The Hall–Kier alpha value is -3.66. The van der Waals surface area contributed by atoms with Gasteiger partial charge in [-0.15, -0.1) is 0 Å². The van der Waals surface area contributed by atoms with Crippen molar-refractivity contribution in [2.45, 2.75) is 26.3 Å². The number of hydrogen-bond donors (Lipinski definition) is 2. The van der Waals surface area contributed by atoms with Gasteiger partial charge in [0.15, 0.2) is 0 Å². The van der Waals surface area contributed by atoms with Crippen LogP contribution in [-0.2, 0) is 6.54 Å². The average molecular weight is 361 g/mol. The number of nitriles is 1. The summed E-state index contributed by atoms with van der Waals surface area (Å²) in [6, 6.07) is 15.4. The molecular formula is C20H19N5O2. The second kappa shape index (κ2) is 8.15. The number of nitrogens with zero attached hydrogens (tertiary/aromatic N) is 3. The zero-order valence-electron chi connectivity index (χ0n) is 14.9. The van der Waals surface area contributed by atoms with Crippen LogP contribution in [0.3, 0.4) is 0 Å². The van der Waals surface area contributed by atoms with Gasteiger partial charge in [-0.25, -0.2) is 9.59 Å². The van der Waals surface area contributed by atoms with Crippen LogP contribution < -0.4 is 16.3 Å². The molecule has 2 N–H and O–H groups in total. The Labute approximate surface area is 156 Å². The van der Waals surface area contributed by atoms with E-state index in [1.807, 2.05) is 25.1 Å². The Bertz CT molecular complexity index is 1080. The number of anilines is 2. The van der Waals surface area contributed by atoms with Gasteiger partial charge in [0.1, 0.15) is 11.9 Å². The first-order valence-corrected chi connectivity index (χ1v) is 8.70. The number of benzene rings is 2. The molecule has 3 rings (SSSR count). The lowest BCUT2D eigenvalue weighted by molar-refractivity contribution is 0.262. The topological polar surface area (TPSA) is 99.8 Å². The number of unbranched alkanes of at least 4 members (excludes halogenated alkanes) is 1. The van der Waals surface area contributed by atoms with Crippen LogP contribution >= 0.6 is 0 Å². The van der Waals surface area contributed by atoms with Gasteiger partial charge in [0, 0.05) is 11.9 Å². The maximum absolute atomic E-state index is 12.6. The van der Waals surface area contributed by atoms with E-state index in [9.17, 15) is 9.59 Å². The first-order chi connectivity index (χ1) is 13.1. The summed E-state index contributed by atoms with van der Waals surface area (Å²) in [5.41, 5.74) is 0.867. The van der Waals surface area contributed by atoms with Crippen LogP contribution in [0.5, 0.6) is 0 Å². The predicted molar refractivity (Wildman–Crippen MR) is 105 cm³/mol. The van der Waals surface area contributed by atoms with Gasteiger partial charge >= 0.3 is 11.7 Å². The number of carbonyl (C=O) groups is 1. The summed E-state index contributed by atoms with van der Waals surface area (Å²) in [5, 5.41) is 15.3. The van der Waals surface area contributed by atoms with Crippen LogP contribution in [-0.4, -0.2) is 15.6 Å². The van der Waals surface area contributed by atoms with E-state index in [2.05, 4.69) is 15.6 Å². The second-order valence-electron chi connectivity index (χ2n) is 6.00. The summed E-state index contributed by atoms with van der Waals surface area (Å²) in [6.45, 7) is 2.48. The van der Waals surface area contributed by atoms with Crippen LogP contribution in [0.1, 0.15) is 25.3 Å². The molecule has 7 heteroatoms. The zero-order valence-corrected chi connectivity index (χ0v) is 14.9. The normalized spacial score (nSPS) is 10.4.